The molecule has 0 bridgehead atoms. The molecule has 2 saturated heterocycles. The fourth-order valence-corrected chi connectivity index (χ4v) is 7.16. The van der Waals surface area contributed by atoms with Crippen molar-refractivity contribution in [3.8, 4) is 5.75 Å². The van der Waals surface area contributed by atoms with E-state index in [4.69, 9.17) is 4.74 Å². The maximum atomic E-state index is 13.2. The lowest BCUT2D eigenvalue weighted by atomic mass is 10.0. The number of imide groups is 1. The number of carbonyl (C=O) groups is 3. The minimum Gasteiger partial charge on any atom is -0.489 e. The van der Waals surface area contributed by atoms with Gasteiger partial charge in [-0.2, -0.15) is 4.31 Å². The molecule has 3 amide bonds. The van der Waals surface area contributed by atoms with Crippen LogP contribution in [0.25, 0.3) is 0 Å². The number of nitrogens with one attached hydrogen (secondary N) is 1. The van der Waals surface area contributed by atoms with E-state index in [0.29, 0.717) is 57.1 Å². The lowest BCUT2D eigenvalue weighted by Crippen LogP contribution is -2.52. The Morgan fingerprint density at radius 1 is 0.884 bits per heavy atom. The Kier molecular flexibility index (Phi) is 7.99. The first-order valence-corrected chi connectivity index (χ1v) is 15.6. The van der Waals surface area contributed by atoms with E-state index in [1.54, 1.807) is 12.1 Å². The van der Waals surface area contributed by atoms with Crippen molar-refractivity contribution in [3.63, 3.8) is 0 Å². The highest BCUT2D eigenvalue weighted by Gasteiger charge is 2.40. The Balaban J connectivity index is 1.02. The maximum absolute atomic E-state index is 13.2. The summed E-state index contributed by atoms with van der Waals surface area (Å²) in [5, 5.41) is 2.32. The Morgan fingerprint density at radius 3 is 2.28 bits per heavy atom. The average molecular weight is 607 g/mol. The molecule has 3 heterocycles. The third kappa shape index (κ3) is 6.03. The lowest BCUT2D eigenvalue weighted by Gasteiger charge is -2.34. The maximum Gasteiger partial charge on any atom is 0.255 e. The summed E-state index contributed by atoms with van der Waals surface area (Å²) in [7, 11) is -3.66. The van der Waals surface area contributed by atoms with E-state index in [-0.39, 0.29) is 29.7 Å². The van der Waals surface area contributed by atoms with Crippen LogP contribution in [0, 0.1) is 5.82 Å². The molecule has 3 aromatic carbocycles. The van der Waals surface area contributed by atoms with Crippen LogP contribution in [0.2, 0.25) is 0 Å². The number of benzene rings is 3. The standard InChI is InChI=1S/C31H31FN4O6S/c32-23-8-10-24(11-9-23)43(40,41)35-16-14-34(15-17-35)18-21-4-6-22(7-5-21)20-42-28-3-1-2-25-26(28)19-36(31(25)39)27-12-13-29(37)33-30(27)38/h1-11,27H,12-20H2,(H,33,37,38). The van der Waals surface area contributed by atoms with Crippen molar-refractivity contribution in [2.75, 3.05) is 26.2 Å². The number of hydrogen-bond donors (Lipinski definition) is 1. The van der Waals surface area contributed by atoms with E-state index >= 15 is 0 Å². The topological polar surface area (TPSA) is 116 Å². The molecule has 0 saturated carbocycles. The molecule has 2 fully saturated rings. The molecule has 10 nitrogen and oxygen atoms in total. The van der Waals surface area contributed by atoms with Gasteiger partial charge in [0.1, 0.15) is 24.2 Å². The monoisotopic (exact) mass is 606 g/mol. The molecule has 1 atom stereocenters. The zero-order valence-electron chi connectivity index (χ0n) is 23.4. The zero-order valence-corrected chi connectivity index (χ0v) is 24.2. The van der Waals surface area contributed by atoms with Crippen LogP contribution in [0.15, 0.2) is 71.6 Å². The Hall–Kier alpha value is -4.13. The van der Waals surface area contributed by atoms with E-state index in [9.17, 15) is 27.2 Å². The molecular formula is C31H31FN4O6S. The molecule has 43 heavy (non-hydrogen) atoms. The fraction of sp³-hybridized carbons (Fsp3) is 0.323. The molecule has 6 rings (SSSR count). The van der Waals surface area contributed by atoms with Gasteiger partial charge in [0, 0.05) is 50.3 Å². The number of nitrogens with zero attached hydrogens (tertiary/aromatic N) is 3. The van der Waals surface area contributed by atoms with Crippen molar-refractivity contribution >= 4 is 27.7 Å². The number of hydrogen-bond acceptors (Lipinski definition) is 7. The number of piperidine rings is 1. The Morgan fingerprint density at radius 2 is 1.58 bits per heavy atom. The van der Waals surface area contributed by atoms with Crippen molar-refractivity contribution in [3.05, 3.63) is 94.8 Å². The normalized spacial score (nSPS) is 19.8. The third-order valence-corrected chi connectivity index (χ3v) is 10.1. The van der Waals surface area contributed by atoms with Gasteiger partial charge >= 0.3 is 0 Å². The highest BCUT2D eigenvalue weighted by atomic mass is 32.2. The third-order valence-electron chi connectivity index (χ3n) is 8.15. The molecule has 0 radical (unpaired) electrons. The minimum absolute atomic E-state index is 0.0962. The van der Waals surface area contributed by atoms with Crippen molar-refractivity contribution < 1.29 is 31.9 Å². The second-order valence-corrected chi connectivity index (χ2v) is 12.9. The van der Waals surface area contributed by atoms with Crippen molar-refractivity contribution in [1.29, 1.82) is 0 Å². The van der Waals surface area contributed by atoms with Gasteiger partial charge in [0.2, 0.25) is 21.8 Å². The van der Waals surface area contributed by atoms with Crippen LogP contribution >= 0.6 is 0 Å². The molecular weight excluding hydrogens is 575 g/mol. The lowest BCUT2D eigenvalue weighted by molar-refractivity contribution is -0.136. The second kappa shape index (κ2) is 11.9. The summed E-state index contributed by atoms with van der Waals surface area (Å²) in [6, 6.07) is 17.5. The Bertz CT molecular complexity index is 1650. The predicted octanol–water partition coefficient (Wildman–Crippen LogP) is 2.67. The van der Waals surface area contributed by atoms with Crippen LogP contribution in [0.1, 0.15) is 39.9 Å². The summed E-state index contributed by atoms with van der Waals surface area (Å²) in [6.45, 7) is 3.10. The molecule has 0 aromatic heterocycles. The zero-order chi connectivity index (χ0) is 30.1. The first kappa shape index (κ1) is 29.0. The summed E-state index contributed by atoms with van der Waals surface area (Å²) in [5.41, 5.74) is 3.27. The fourth-order valence-electron chi connectivity index (χ4n) is 5.74. The first-order valence-electron chi connectivity index (χ1n) is 14.1. The van der Waals surface area contributed by atoms with Crippen LogP contribution in [-0.4, -0.2) is 72.5 Å². The van der Waals surface area contributed by atoms with Crippen LogP contribution < -0.4 is 10.1 Å². The summed E-state index contributed by atoms with van der Waals surface area (Å²) >= 11 is 0. The second-order valence-electron chi connectivity index (χ2n) is 10.9. The highest BCUT2D eigenvalue weighted by molar-refractivity contribution is 7.89. The van der Waals surface area contributed by atoms with Crippen LogP contribution in [-0.2, 0) is 39.3 Å². The van der Waals surface area contributed by atoms with Gasteiger partial charge in [0.05, 0.1) is 11.4 Å². The Labute approximate surface area is 249 Å². The number of fused-ring (bicyclic) bond motifs is 1. The highest BCUT2D eigenvalue weighted by Crippen LogP contribution is 2.34. The largest absolute Gasteiger partial charge is 0.489 e. The van der Waals surface area contributed by atoms with Crippen molar-refractivity contribution in [1.82, 2.24) is 19.4 Å². The number of amides is 3. The van der Waals surface area contributed by atoms with Gasteiger partial charge in [0.15, 0.2) is 0 Å². The predicted molar refractivity (Wildman–Crippen MR) is 154 cm³/mol. The molecule has 1 unspecified atom stereocenters. The molecule has 0 aliphatic carbocycles. The smallest absolute Gasteiger partial charge is 0.255 e. The molecule has 3 aliphatic heterocycles. The van der Waals surface area contributed by atoms with E-state index in [0.717, 1.165) is 28.8 Å². The minimum atomic E-state index is -3.66. The number of halogens is 1. The van der Waals surface area contributed by atoms with Gasteiger partial charge in [-0.25, -0.2) is 12.8 Å². The van der Waals surface area contributed by atoms with Crippen molar-refractivity contribution in [2.45, 2.75) is 43.5 Å². The number of rotatable bonds is 8. The molecule has 0 spiro atoms. The van der Waals surface area contributed by atoms with E-state index in [1.807, 2.05) is 30.3 Å². The van der Waals surface area contributed by atoms with E-state index < -0.39 is 27.8 Å². The number of piperazine rings is 1. The molecule has 3 aromatic rings. The molecule has 3 aliphatic rings. The van der Waals surface area contributed by atoms with Crippen LogP contribution in [0.4, 0.5) is 4.39 Å². The first-order chi connectivity index (χ1) is 20.7. The number of sulfonamides is 1. The van der Waals surface area contributed by atoms with Gasteiger partial charge in [-0.05, 0) is 53.9 Å². The van der Waals surface area contributed by atoms with Gasteiger partial charge in [0.25, 0.3) is 5.91 Å². The summed E-state index contributed by atoms with van der Waals surface area (Å²) in [5.74, 6) is -0.903. The SMILES string of the molecule is O=C1CCC(N2Cc3c(OCc4ccc(CN5CCN(S(=O)(=O)c6ccc(F)cc6)CC5)cc4)cccc3C2=O)C(=O)N1. The van der Waals surface area contributed by atoms with Gasteiger partial charge in [-0.1, -0.05) is 30.3 Å². The number of carbonyl (C=O) groups excluding carboxylic acids is 3. The summed E-state index contributed by atoms with van der Waals surface area (Å²) < 4.78 is 46.5. The molecule has 224 valence electrons. The van der Waals surface area contributed by atoms with Gasteiger partial charge < -0.3 is 9.64 Å². The summed E-state index contributed by atoms with van der Waals surface area (Å²) in [4.78, 5) is 40.7. The number of ether oxygens (including phenoxy) is 1. The average Bonchev–Trinajstić information content (AvgIpc) is 3.34. The van der Waals surface area contributed by atoms with E-state index in [2.05, 4.69) is 10.2 Å². The molecule has 12 heteroatoms. The van der Waals surface area contributed by atoms with Gasteiger partial charge in [-0.3, -0.25) is 24.6 Å². The summed E-state index contributed by atoms with van der Waals surface area (Å²) in [6.07, 6.45) is 0.503. The van der Waals surface area contributed by atoms with E-state index in [1.165, 1.54) is 21.3 Å². The van der Waals surface area contributed by atoms with Crippen LogP contribution in [0.3, 0.4) is 0 Å². The molecule has 1 N–H and O–H groups in total. The van der Waals surface area contributed by atoms with Crippen LogP contribution in [0.5, 0.6) is 5.75 Å². The quantitative estimate of drug-likeness (QED) is 0.392. The van der Waals surface area contributed by atoms with Crippen molar-refractivity contribution in [2.24, 2.45) is 0 Å². The van der Waals surface area contributed by atoms with Gasteiger partial charge in [-0.15, -0.1) is 0 Å².